The molecule has 0 saturated carbocycles. The van der Waals surface area contributed by atoms with Crippen LogP contribution >= 0.6 is 24.0 Å². The number of benzene rings is 1. The van der Waals surface area contributed by atoms with Gasteiger partial charge in [0.1, 0.15) is 11.5 Å². The van der Waals surface area contributed by atoms with Gasteiger partial charge in [-0.1, -0.05) is 32.6 Å². The van der Waals surface area contributed by atoms with Gasteiger partial charge in [-0.05, 0) is 31.5 Å². The van der Waals surface area contributed by atoms with E-state index >= 15 is 0 Å². The molecule has 0 amide bonds. The van der Waals surface area contributed by atoms with Crippen molar-refractivity contribution in [1.29, 1.82) is 0 Å². The Balaban J connectivity index is 0.00000529. The molecule has 0 radical (unpaired) electrons. The number of aromatic hydroxyl groups is 1. The van der Waals surface area contributed by atoms with Crippen molar-refractivity contribution in [2.24, 2.45) is 4.99 Å². The van der Waals surface area contributed by atoms with Gasteiger partial charge >= 0.3 is 0 Å². The Labute approximate surface area is 163 Å². The topological polar surface area (TPSA) is 65.9 Å². The second kappa shape index (κ2) is 13.1. The molecule has 1 rings (SSSR count). The van der Waals surface area contributed by atoms with E-state index in [0.29, 0.717) is 12.6 Å². The average molecular weight is 449 g/mol. The summed E-state index contributed by atoms with van der Waals surface area (Å²) in [6.45, 7) is 4.88. The molecule has 138 valence electrons. The van der Waals surface area contributed by atoms with Crippen LogP contribution in [0.25, 0.3) is 0 Å². The van der Waals surface area contributed by atoms with Crippen LogP contribution < -0.4 is 15.4 Å². The number of rotatable bonds is 9. The lowest BCUT2D eigenvalue weighted by Gasteiger charge is -2.18. The molecule has 0 saturated heterocycles. The van der Waals surface area contributed by atoms with Gasteiger partial charge in [0.15, 0.2) is 5.96 Å². The van der Waals surface area contributed by atoms with E-state index in [1.54, 1.807) is 26.3 Å². The molecule has 1 aromatic carbocycles. The molecule has 0 aromatic heterocycles. The summed E-state index contributed by atoms with van der Waals surface area (Å²) >= 11 is 0. The molecule has 0 aliphatic rings. The quantitative estimate of drug-likeness (QED) is 0.231. The number of hydrogen-bond donors (Lipinski definition) is 3. The fourth-order valence-electron chi connectivity index (χ4n) is 2.39. The molecule has 1 unspecified atom stereocenters. The second-order valence-electron chi connectivity index (χ2n) is 5.82. The first-order valence-electron chi connectivity index (χ1n) is 8.43. The van der Waals surface area contributed by atoms with Gasteiger partial charge in [-0.2, -0.15) is 0 Å². The van der Waals surface area contributed by atoms with Crippen LogP contribution in [0.15, 0.2) is 23.2 Å². The predicted octanol–water partition coefficient (Wildman–Crippen LogP) is 4.04. The highest BCUT2D eigenvalue weighted by Gasteiger charge is 2.07. The molecule has 6 heteroatoms. The molecule has 0 fully saturated rings. The van der Waals surface area contributed by atoms with Crippen molar-refractivity contribution in [1.82, 2.24) is 10.6 Å². The van der Waals surface area contributed by atoms with Gasteiger partial charge < -0.3 is 20.5 Å². The molecule has 5 nitrogen and oxygen atoms in total. The van der Waals surface area contributed by atoms with E-state index in [1.165, 1.54) is 25.7 Å². The third-order valence-electron chi connectivity index (χ3n) is 3.83. The van der Waals surface area contributed by atoms with Gasteiger partial charge in [-0.25, -0.2) is 0 Å². The number of nitrogens with zero attached hydrogens (tertiary/aromatic N) is 1. The Morgan fingerprint density at radius 2 is 2.04 bits per heavy atom. The van der Waals surface area contributed by atoms with E-state index in [1.807, 2.05) is 6.07 Å². The minimum atomic E-state index is 0. The number of unbranched alkanes of at least 4 members (excludes halogenated alkanes) is 3. The summed E-state index contributed by atoms with van der Waals surface area (Å²) in [5.74, 6) is 1.73. The van der Waals surface area contributed by atoms with Gasteiger partial charge in [-0.3, -0.25) is 4.99 Å². The zero-order chi connectivity index (χ0) is 17.1. The van der Waals surface area contributed by atoms with E-state index in [2.05, 4.69) is 29.5 Å². The number of methoxy groups -OCH3 is 1. The predicted molar refractivity (Wildman–Crippen MR) is 112 cm³/mol. The molecule has 0 spiro atoms. The van der Waals surface area contributed by atoms with Gasteiger partial charge in [-0.15, -0.1) is 24.0 Å². The Bertz CT molecular complexity index is 495. The number of aliphatic imine (C=N–C) groups is 1. The number of hydrogen-bond acceptors (Lipinski definition) is 3. The lowest BCUT2D eigenvalue weighted by molar-refractivity contribution is 0.410. The summed E-state index contributed by atoms with van der Waals surface area (Å²) in [6.07, 6.45) is 6.21. The maximum atomic E-state index is 9.91. The number of phenolic OH excluding ortho intramolecular Hbond substituents is 1. The van der Waals surface area contributed by atoms with Gasteiger partial charge in [0.2, 0.25) is 0 Å². The van der Waals surface area contributed by atoms with Gasteiger partial charge in [0.05, 0.1) is 7.11 Å². The molecule has 1 aromatic rings. The van der Waals surface area contributed by atoms with Crippen molar-refractivity contribution in [3.63, 3.8) is 0 Å². The van der Waals surface area contributed by atoms with E-state index in [4.69, 9.17) is 4.74 Å². The summed E-state index contributed by atoms with van der Waals surface area (Å²) in [4.78, 5) is 4.24. The minimum absolute atomic E-state index is 0. The monoisotopic (exact) mass is 449 g/mol. The summed E-state index contributed by atoms with van der Waals surface area (Å²) in [6, 6.07) is 5.58. The van der Waals surface area contributed by atoms with Crippen LogP contribution in [-0.2, 0) is 6.54 Å². The number of guanidine groups is 1. The number of nitrogens with one attached hydrogen (secondary N) is 2. The van der Waals surface area contributed by atoms with Crippen molar-refractivity contribution in [2.75, 3.05) is 14.2 Å². The smallest absolute Gasteiger partial charge is 0.191 e. The van der Waals surface area contributed by atoms with Crippen LogP contribution in [0.1, 0.15) is 51.5 Å². The van der Waals surface area contributed by atoms with Crippen molar-refractivity contribution >= 4 is 29.9 Å². The lowest BCUT2D eigenvalue weighted by atomic mass is 10.1. The summed E-state index contributed by atoms with van der Waals surface area (Å²) < 4.78 is 5.19. The van der Waals surface area contributed by atoms with E-state index in [-0.39, 0.29) is 29.7 Å². The SMILES string of the molecule is CCCCCCC(C)NC(=NC)NCc1cc(OC)ccc1O.I. The Morgan fingerprint density at radius 1 is 1.29 bits per heavy atom. The van der Waals surface area contributed by atoms with Crippen molar-refractivity contribution < 1.29 is 9.84 Å². The minimum Gasteiger partial charge on any atom is -0.508 e. The molecule has 0 aliphatic carbocycles. The zero-order valence-electron chi connectivity index (χ0n) is 15.3. The van der Waals surface area contributed by atoms with Crippen LogP contribution in [0.3, 0.4) is 0 Å². The third-order valence-corrected chi connectivity index (χ3v) is 3.83. The van der Waals surface area contributed by atoms with E-state index in [9.17, 15) is 5.11 Å². The standard InChI is InChI=1S/C18H31N3O2.HI/c1-5-6-7-8-9-14(2)21-18(19-3)20-13-15-12-16(23-4)10-11-17(15)22;/h10-12,14,22H,5-9,13H2,1-4H3,(H2,19,20,21);1H. The largest absolute Gasteiger partial charge is 0.508 e. The number of phenols is 1. The highest BCUT2D eigenvalue weighted by Crippen LogP contribution is 2.22. The molecule has 1 atom stereocenters. The van der Waals surface area contributed by atoms with Crippen molar-refractivity contribution in [2.45, 2.75) is 58.5 Å². The maximum absolute atomic E-state index is 9.91. The van der Waals surface area contributed by atoms with E-state index < -0.39 is 0 Å². The maximum Gasteiger partial charge on any atom is 0.191 e. The fraction of sp³-hybridized carbons (Fsp3) is 0.611. The van der Waals surface area contributed by atoms with E-state index in [0.717, 1.165) is 23.7 Å². The van der Waals surface area contributed by atoms with Crippen molar-refractivity contribution in [3.05, 3.63) is 23.8 Å². The van der Waals surface area contributed by atoms with Gasteiger partial charge in [0.25, 0.3) is 0 Å². The van der Waals surface area contributed by atoms with Crippen LogP contribution in [0, 0.1) is 0 Å². The number of halogens is 1. The summed E-state index contributed by atoms with van der Waals surface area (Å²) in [5.41, 5.74) is 0.780. The van der Waals surface area contributed by atoms with Crippen LogP contribution in [0.5, 0.6) is 11.5 Å². The molecule has 0 bridgehead atoms. The first kappa shape index (κ1) is 22.8. The highest BCUT2D eigenvalue weighted by molar-refractivity contribution is 14.0. The fourth-order valence-corrected chi connectivity index (χ4v) is 2.39. The first-order valence-corrected chi connectivity index (χ1v) is 8.43. The molecule has 0 aliphatic heterocycles. The molecule has 3 N–H and O–H groups in total. The van der Waals surface area contributed by atoms with Crippen LogP contribution in [-0.4, -0.2) is 31.3 Å². The molecule has 24 heavy (non-hydrogen) atoms. The zero-order valence-corrected chi connectivity index (χ0v) is 17.6. The Kier molecular flexibility index (Phi) is 12.5. The molecule has 0 heterocycles. The normalized spacial score (nSPS) is 12.2. The van der Waals surface area contributed by atoms with Crippen molar-refractivity contribution in [3.8, 4) is 11.5 Å². The first-order chi connectivity index (χ1) is 11.1. The Hall–Kier alpha value is -1.18. The average Bonchev–Trinajstić information content (AvgIpc) is 2.56. The van der Waals surface area contributed by atoms with Crippen LogP contribution in [0.4, 0.5) is 0 Å². The van der Waals surface area contributed by atoms with Gasteiger partial charge in [0, 0.05) is 25.2 Å². The molecular weight excluding hydrogens is 417 g/mol. The third kappa shape index (κ3) is 8.61. The number of ether oxygens (including phenoxy) is 1. The Morgan fingerprint density at radius 3 is 2.67 bits per heavy atom. The second-order valence-corrected chi connectivity index (χ2v) is 5.82. The molecular formula is C18H32IN3O2. The highest BCUT2D eigenvalue weighted by atomic mass is 127. The lowest BCUT2D eigenvalue weighted by Crippen LogP contribution is -2.41. The summed E-state index contributed by atoms with van der Waals surface area (Å²) in [7, 11) is 3.37. The van der Waals surface area contributed by atoms with Crippen LogP contribution in [0.2, 0.25) is 0 Å². The summed E-state index contributed by atoms with van der Waals surface area (Å²) in [5, 5.41) is 16.5.